The van der Waals surface area contributed by atoms with Crippen molar-refractivity contribution in [3.8, 4) is 0 Å². The summed E-state index contributed by atoms with van der Waals surface area (Å²) in [6, 6.07) is 24.4. The largest absolute Gasteiger partial charge is 0.369 e. The number of nitrogens with zero attached hydrogens (tertiary/aromatic N) is 4. The number of anilines is 3. The first-order chi connectivity index (χ1) is 19.5. The fourth-order valence-corrected chi connectivity index (χ4v) is 6.12. The molecule has 3 aromatic carbocycles. The van der Waals surface area contributed by atoms with E-state index in [1.54, 1.807) is 9.91 Å². The summed E-state index contributed by atoms with van der Waals surface area (Å²) in [4.78, 5) is 32.8. The van der Waals surface area contributed by atoms with Gasteiger partial charge < -0.3 is 10.2 Å². The van der Waals surface area contributed by atoms with Gasteiger partial charge in [-0.3, -0.25) is 19.6 Å². The van der Waals surface area contributed by atoms with Gasteiger partial charge in [-0.2, -0.15) is 0 Å². The molecule has 8 heteroatoms. The predicted octanol–water partition coefficient (Wildman–Crippen LogP) is 4.79. The van der Waals surface area contributed by atoms with Gasteiger partial charge in [-0.1, -0.05) is 36.4 Å². The van der Waals surface area contributed by atoms with Crippen LogP contribution in [-0.2, 0) is 17.6 Å². The lowest BCUT2D eigenvalue weighted by molar-refractivity contribution is -0.121. The number of fused-ring (bicyclic) bond motifs is 1. The zero-order valence-corrected chi connectivity index (χ0v) is 23.3. The van der Waals surface area contributed by atoms with E-state index in [0.717, 1.165) is 61.6 Å². The second-order valence-corrected chi connectivity index (χ2v) is 11.2. The fourth-order valence-electron chi connectivity index (χ4n) is 6.12. The Morgan fingerprint density at radius 2 is 1.55 bits per heavy atom. The van der Waals surface area contributed by atoms with Crippen LogP contribution >= 0.6 is 0 Å². The Morgan fingerprint density at radius 1 is 0.850 bits per heavy atom. The number of aryl methyl sites for hydroxylation is 2. The summed E-state index contributed by atoms with van der Waals surface area (Å²) in [5.41, 5.74) is 9.83. The van der Waals surface area contributed by atoms with Crippen LogP contribution in [0.25, 0.3) is 0 Å². The van der Waals surface area contributed by atoms with Crippen molar-refractivity contribution in [3.63, 3.8) is 0 Å². The van der Waals surface area contributed by atoms with Crippen LogP contribution in [0, 0.1) is 0 Å². The maximum atomic E-state index is 13.7. The summed E-state index contributed by atoms with van der Waals surface area (Å²) in [6.45, 7) is 7.66. The van der Waals surface area contributed by atoms with Crippen LogP contribution in [0.4, 0.5) is 21.9 Å². The number of carbonyl (C=O) groups excluding carboxylic acids is 2. The molecule has 0 bridgehead atoms. The number of hydrazine groups is 1. The molecular weight excluding hydrogens is 500 g/mol. The molecule has 208 valence electrons. The van der Waals surface area contributed by atoms with E-state index in [4.69, 9.17) is 0 Å². The SMILES string of the molecule is CC(C)N1NCN(c2ccc(N3CCN(C(C(=O)Nc4ccc5c(c4)CCC5)c4ccccc4)CC3)cc2)C1=O. The monoisotopic (exact) mass is 538 g/mol. The molecule has 3 aromatic rings. The van der Waals surface area contributed by atoms with E-state index in [-0.39, 0.29) is 24.0 Å². The lowest BCUT2D eigenvalue weighted by Crippen LogP contribution is -2.50. The molecule has 2 aliphatic heterocycles. The van der Waals surface area contributed by atoms with Gasteiger partial charge in [0, 0.05) is 49.3 Å². The fraction of sp³-hybridized carbons (Fsp3) is 0.375. The zero-order chi connectivity index (χ0) is 27.6. The van der Waals surface area contributed by atoms with Gasteiger partial charge in [-0.25, -0.2) is 10.2 Å². The molecule has 0 saturated carbocycles. The van der Waals surface area contributed by atoms with Gasteiger partial charge in [0.1, 0.15) is 6.04 Å². The van der Waals surface area contributed by atoms with Crippen molar-refractivity contribution in [2.45, 2.75) is 45.2 Å². The van der Waals surface area contributed by atoms with E-state index in [9.17, 15) is 9.59 Å². The van der Waals surface area contributed by atoms with E-state index in [0.29, 0.717) is 6.67 Å². The molecule has 1 unspecified atom stereocenters. The van der Waals surface area contributed by atoms with Crippen molar-refractivity contribution < 1.29 is 9.59 Å². The third kappa shape index (κ3) is 5.29. The lowest BCUT2D eigenvalue weighted by Gasteiger charge is -2.40. The average molecular weight is 539 g/mol. The minimum Gasteiger partial charge on any atom is -0.369 e. The van der Waals surface area contributed by atoms with Crippen LogP contribution < -0.4 is 20.5 Å². The number of carbonyl (C=O) groups is 2. The quantitative estimate of drug-likeness (QED) is 0.453. The van der Waals surface area contributed by atoms with Crippen molar-refractivity contribution in [3.05, 3.63) is 89.5 Å². The highest BCUT2D eigenvalue weighted by Crippen LogP contribution is 2.29. The van der Waals surface area contributed by atoms with Crippen molar-refractivity contribution in [1.29, 1.82) is 0 Å². The van der Waals surface area contributed by atoms with Crippen molar-refractivity contribution in [1.82, 2.24) is 15.3 Å². The van der Waals surface area contributed by atoms with Crippen LogP contribution in [0.1, 0.15) is 43.0 Å². The Hall–Kier alpha value is -3.88. The van der Waals surface area contributed by atoms with E-state index >= 15 is 0 Å². The normalized spacial score (nSPS) is 18.4. The number of nitrogens with one attached hydrogen (secondary N) is 2. The number of benzene rings is 3. The molecule has 1 aliphatic carbocycles. The molecule has 2 N–H and O–H groups in total. The maximum absolute atomic E-state index is 13.7. The van der Waals surface area contributed by atoms with Crippen LogP contribution in [-0.4, -0.2) is 60.7 Å². The minimum atomic E-state index is -0.350. The van der Waals surface area contributed by atoms with Gasteiger partial charge in [-0.15, -0.1) is 0 Å². The highest BCUT2D eigenvalue weighted by atomic mass is 16.2. The number of hydrogen-bond acceptors (Lipinski definition) is 5. The number of piperazine rings is 1. The highest BCUT2D eigenvalue weighted by Gasteiger charge is 2.32. The molecule has 1 atom stereocenters. The topological polar surface area (TPSA) is 71.2 Å². The summed E-state index contributed by atoms with van der Waals surface area (Å²) in [5.74, 6) is 0.0151. The molecule has 2 fully saturated rings. The Kier molecular flexibility index (Phi) is 7.45. The molecule has 0 spiro atoms. The molecule has 40 heavy (non-hydrogen) atoms. The third-order valence-electron chi connectivity index (χ3n) is 8.29. The summed E-state index contributed by atoms with van der Waals surface area (Å²) in [5, 5.41) is 4.89. The molecule has 0 aromatic heterocycles. The van der Waals surface area contributed by atoms with Crippen molar-refractivity contribution in [2.75, 3.05) is 48.0 Å². The molecule has 3 amide bonds. The van der Waals surface area contributed by atoms with Gasteiger partial charge in [0.2, 0.25) is 5.91 Å². The predicted molar refractivity (Wildman–Crippen MR) is 159 cm³/mol. The van der Waals surface area contributed by atoms with Gasteiger partial charge in [0.05, 0.1) is 6.67 Å². The number of rotatable bonds is 7. The van der Waals surface area contributed by atoms with Crippen molar-refractivity contribution >= 4 is 29.0 Å². The summed E-state index contributed by atoms with van der Waals surface area (Å²) in [6.07, 6.45) is 3.41. The Morgan fingerprint density at radius 3 is 2.25 bits per heavy atom. The number of amides is 3. The summed E-state index contributed by atoms with van der Waals surface area (Å²) >= 11 is 0. The van der Waals surface area contributed by atoms with Crippen LogP contribution in [0.15, 0.2) is 72.8 Å². The van der Waals surface area contributed by atoms with Crippen molar-refractivity contribution in [2.24, 2.45) is 0 Å². The first-order valence-corrected chi connectivity index (χ1v) is 14.4. The van der Waals surface area contributed by atoms with Gasteiger partial charge in [0.15, 0.2) is 0 Å². The van der Waals surface area contributed by atoms with E-state index in [2.05, 4.69) is 44.8 Å². The molecule has 2 heterocycles. The molecule has 2 saturated heterocycles. The number of urea groups is 1. The van der Waals surface area contributed by atoms with E-state index in [1.807, 2.05) is 62.4 Å². The summed E-state index contributed by atoms with van der Waals surface area (Å²) in [7, 11) is 0. The Bertz CT molecular complexity index is 1350. The van der Waals surface area contributed by atoms with Gasteiger partial charge in [0.25, 0.3) is 0 Å². The Balaban J connectivity index is 1.12. The first-order valence-electron chi connectivity index (χ1n) is 14.4. The second-order valence-electron chi connectivity index (χ2n) is 11.2. The smallest absolute Gasteiger partial charge is 0.340 e. The maximum Gasteiger partial charge on any atom is 0.340 e. The van der Waals surface area contributed by atoms with E-state index < -0.39 is 0 Å². The second kappa shape index (κ2) is 11.3. The third-order valence-corrected chi connectivity index (χ3v) is 8.29. The van der Waals surface area contributed by atoms with Crippen LogP contribution in [0.3, 0.4) is 0 Å². The first kappa shape index (κ1) is 26.3. The van der Waals surface area contributed by atoms with E-state index in [1.165, 1.54) is 17.5 Å². The highest BCUT2D eigenvalue weighted by molar-refractivity contribution is 5.96. The standard InChI is InChI=1S/C32H38N6O2/c1-23(2)38-32(40)37(22-33-38)29-15-13-28(14-16-29)35-17-19-36(20-18-35)30(25-7-4-3-5-8-25)31(39)34-27-12-11-24-9-6-10-26(24)21-27/h3-5,7-8,11-16,21,23,30,33H,6,9-10,17-20,22H2,1-2H3,(H,34,39). The van der Waals surface area contributed by atoms with Crippen LogP contribution in [0.5, 0.6) is 0 Å². The van der Waals surface area contributed by atoms with Gasteiger partial charge in [-0.05, 0) is 86.2 Å². The summed E-state index contributed by atoms with van der Waals surface area (Å²) < 4.78 is 0. The molecule has 6 rings (SSSR count). The molecule has 8 nitrogen and oxygen atoms in total. The van der Waals surface area contributed by atoms with Crippen LogP contribution in [0.2, 0.25) is 0 Å². The average Bonchev–Trinajstić information content (AvgIpc) is 3.60. The number of hydrogen-bond donors (Lipinski definition) is 2. The molecule has 3 aliphatic rings. The lowest BCUT2D eigenvalue weighted by atomic mass is 10.0. The Labute approximate surface area is 236 Å². The molecule has 0 radical (unpaired) electrons. The van der Waals surface area contributed by atoms with Gasteiger partial charge >= 0.3 is 6.03 Å². The zero-order valence-electron chi connectivity index (χ0n) is 23.3. The minimum absolute atomic E-state index is 0.0151. The molecular formula is C32H38N6O2.